The number of benzene rings is 1. The predicted octanol–water partition coefficient (Wildman–Crippen LogP) is 2.59. The van der Waals surface area contributed by atoms with E-state index in [1.165, 1.54) is 0 Å². The van der Waals surface area contributed by atoms with Crippen LogP contribution in [0.25, 0.3) is 0 Å². The van der Waals surface area contributed by atoms with E-state index in [1.807, 2.05) is 31.2 Å². The Kier molecular flexibility index (Phi) is 5.72. The molecule has 3 nitrogen and oxygen atoms in total. The van der Waals surface area contributed by atoms with Crippen molar-refractivity contribution in [2.24, 2.45) is 5.73 Å². The largest absolute Gasteiger partial charge is 0.497 e. The summed E-state index contributed by atoms with van der Waals surface area (Å²) in [6.07, 6.45) is 3.23. The lowest BCUT2D eigenvalue weighted by Gasteiger charge is -2.07. The van der Waals surface area contributed by atoms with Crippen LogP contribution in [-0.2, 0) is 0 Å². The van der Waals surface area contributed by atoms with Crippen molar-refractivity contribution in [3.8, 4) is 11.5 Å². The third kappa shape index (κ3) is 5.03. The molecule has 0 spiro atoms. The van der Waals surface area contributed by atoms with Crippen molar-refractivity contribution in [1.29, 1.82) is 0 Å². The fourth-order valence-electron chi connectivity index (χ4n) is 1.43. The molecule has 1 aromatic rings. The predicted molar refractivity (Wildman–Crippen MR) is 66.0 cm³/mol. The highest BCUT2D eigenvalue weighted by molar-refractivity contribution is 5.31. The van der Waals surface area contributed by atoms with Gasteiger partial charge in [0.25, 0.3) is 0 Å². The van der Waals surface area contributed by atoms with E-state index in [1.54, 1.807) is 7.11 Å². The van der Waals surface area contributed by atoms with Crippen molar-refractivity contribution < 1.29 is 9.47 Å². The van der Waals surface area contributed by atoms with E-state index in [-0.39, 0.29) is 0 Å². The number of methoxy groups -OCH3 is 1. The van der Waals surface area contributed by atoms with Crippen LogP contribution in [0.3, 0.4) is 0 Å². The molecular formula is C13H21NO2. The van der Waals surface area contributed by atoms with Gasteiger partial charge < -0.3 is 15.2 Å². The zero-order valence-corrected chi connectivity index (χ0v) is 10.1. The number of hydrogen-bond acceptors (Lipinski definition) is 3. The fourth-order valence-corrected chi connectivity index (χ4v) is 1.43. The Labute approximate surface area is 97.6 Å². The van der Waals surface area contributed by atoms with Gasteiger partial charge in [0.1, 0.15) is 11.5 Å². The SMILES string of the molecule is COc1ccc(OCCCCC(C)N)cc1. The molecule has 1 atom stereocenters. The maximum atomic E-state index is 5.66. The van der Waals surface area contributed by atoms with Gasteiger partial charge in [0.15, 0.2) is 0 Å². The molecule has 0 aliphatic heterocycles. The lowest BCUT2D eigenvalue weighted by Crippen LogP contribution is -2.14. The smallest absolute Gasteiger partial charge is 0.119 e. The Morgan fingerprint density at radius 2 is 1.75 bits per heavy atom. The van der Waals surface area contributed by atoms with E-state index in [2.05, 4.69) is 0 Å². The number of nitrogens with two attached hydrogens (primary N) is 1. The first kappa shape index (κ1) is 12.8. The minimum Gasteiger partial charge on any atom is -0.497 e. The minimum atomic E-state index is 0.293. The topological polar surface area (TPSA) is 44.5 Å². The van der Waals surface area contributed by atoms with Crippen LogP contribution in [0.1, 0.15) is 26.2 Å². The van der Waals surface area contributed by atoms with Gasteiger partial charge in [0.05, 0.1) is 13.7 Å². The summed E-state index contributed by atoms with van der Waals surface area (Å²) in [4.78, 5) is 0. The molecule has 16 heavy (non-hydrogen) atoms. The molecule has 0 radical (unpaired) electrons. The zero-order chi connectivity index (χ0) is 11.8. The molecule has 2 N–H and O–H groups in total. The molecule has 0 aromatic heterocycles. The van der Waals surface area contributed by atoms with Crippen molar-refractivity contribution in [2.45, 2.75) is 32.2 Å². The van der Waals surface area contributed by atoms with Crippen LogP contribution in [0.2, 0.25) is 0 Å². The van der Waals surface area contributed by atoms with E-state index in [9.17, 15) is 0 Å². The third-order valence-corrected chi connectivity index (χ3v) is 2.38. The Bertz CT molecular complexity index is 282. The zero-order valence-electron chi connectivity index (χ0n) is 10.1. The first-order valence-corrected chi connectivity index (χ1v) is 5.75. The summed E-state index contributed by atoms with van der Waals surface area (Å²) in [7, 11) is 1.66. The second kappa shape index (κ2) is 7.12. The number of unbranched alkanes of at least 4 members (excludes halogenated alkanes) is 1. The van der Waals surface area contributed by atoms with E-state index < -0.39 is 0 Å². The van der Waals surface area contributed by atoms with Crippen LogP contribution >= 0.6 is 0 Å². The van der Waals surface area contributed by atoms with Gasteiger partial charge in [-0.15, -0.1) is 0 Å². The molecule has 3 heteroatoms. The van der Waals surface area contributed by atoms with Gasteiger partial charge in [-0.1, -0.05) is 0 Å². The molecule has 0 aliphatic carbocycles. The van der Waals surface area contributed by atoms with Crippen LogP contribution in [0, 0.1) is 0 Å². The molecule has 0 saturated carbocycles. The van der Waals surface area contributed by atoms with Gasteiger partial charge >= 0.3 is 0 Å². The molecular weight excluding hydrogens is 202 g/mol. The van der Waals surface area contributed by atoms with Crippen molar-refractivity contribution in [1.82, 2.24) is 0 Å². The van der Waals surface area contributed by atoms with Gasteiger partial charge in [-0.05, 0) is 50.5 Å². The highest BCUT2D eigenvalue weighted by Gasteiger charge is 1.97. The molecule has 1 unspecified atom stereocenters. The highest BCUT2D eigenvalue weighted by atomic mass is 16.5. The first-order chi connectivity index (χ1) is 7.72. The molecule has 1 rings (SSSR count). The minimum absolute atomic E-state index is 0.293. The highest BCUT2D eigenvalue weighted by Crippen LogP contribution is 2.17. The summed E-state index contributed by atoms with van der Waals surface area (Å²) < 4.78 is 10.7. The van der Waals surface area contributed by atoms with E-state index >= 15 is 0 Å². The van der Waals surface area contributed by atoms with E-state index in [0.29, 0.717) is 6.04 Å². The summed E-state index contributed by atoms with van der Waals surface area (Å²) in [6.45, 7) is 2.78. The van der Waals surface area contributed by atoms with Crippen molar-refractivity contribution in [3.05, 3.63) is 24.3 Å². The third-order valence-electron chi connectivity index (χ3n) is 2.38. The summed E-state index contributed by atoms with van der Waals surface area (Å²) in [6, 6.07) is 7.93. The monoisotopic (exact) mass is 223 g/mol. The molecule has 1 aromatic carbocycles. The summed E-state index contributed by atoms with van der Waals surface area (Å²) in [5, 5.41) is 0. The Morgan fingerprint density at radius 3 is 2.31 bits per heavy atom. The van der Waals surface area contributed by atoms with Crippen molar-refractivity contribution in [3.63, 3.8) is 0 Å². The van der Waals surface area contributed by atoms with Gasteiger partial charge in [-0.25, -0.2) is 0 Å². The van der Waals surface area contributed by atoms with Crippen molar-refractivity contribution in [2.75, 3.05) is 13.7 Å². The fraction of sp³-hybridized carbons (Fsp3) is 0.538. The number of hydrogen-bond donors (Lipinski definition) is 1. The summed E-state index contributed by atoms with van der Waals surface area (Å²) >= 11 is 0. The molecule has 90 valence electrons. The molecule has 0 amide bonds. The first-order valence-electron chi connectivity index (χ1n) is 5.75. The van der Waals surface area contributed by atoms with Gasteiger partial charge in [-0.2, -0.15) is 0 Å². The molecule has 0 aliphatic rings. The normalized spacial score (nSPS) is 12.2. The molecule has 0 fully saturated rings. The number of rotatable bonds is 7. The van der Waals surface area contributed by atoms with E-state index in [0.717, 1.165) is 37.4 Å². The average Bonchev–Trinajstić information content (AvgIpc) is 2.29. The van der Waals surface area contributed by atoms with Gasteiger partial charge in [0.2, 0.25) is 0 Å². The average molecular weight is 223 g/mol. The van der Waals surface area contributed by atoms with Crippen LogP contribution in [0.5, 0.6) is 11.5 Å². The standard InChI is InChI=1S/C13H21NO2/c1-11(14)5-3-4-10-16-13-8-6-12(15-2)7-9-13/h6-9,11H,3-5,10,14H2,1-2H3. The summed E-state index contributed by atoms with van der Waals surface area (Å²) in [5.74, 6) is 1.74. The summed E-state index contributed by atoms with van der Waals surface area (Å²) in [5.41, 5.74) is 5.66. The van der Waals surface area contributed by atoms with Crippen LogP contribution in [0.15, 0.2) is 24.3 Å². The van der Waals surface area contributed by atoms with Gasteiger partial charge in [0, 0.05) is 6.04 Å². The second-order valence-corrected chi connectivity index (χ2v) is 4.00. The molecule has 0 heterocycles. The second-order valence-electron chi connectivity index (χ2n) is 4.00. The maximum absolute atomic E-state index is 5.66. The molecule has 0 bridgehead atoms. The Hall–Kier alpha value is -1.22. The van der Waals surface area contributed by atoms with Crippen LogP contribution in [-0.4, -0.2) is 19.8 Å². The quantitative estimate of drug-likeness (QED) is 0.723. The Balaban J connectivity index is 2.16. The lowest BCUT2D eigenvalue weighted by atomic mass is 10.1. The number of ether oxygens (including phenoxy) is 2. The lowest BCUT2D eigenvalue weighted by molar-refractivity contribution is 0.303. The van der Waals surface area contributed by atoms with E-state index in [4.69, 9.17) is 15.2 Å². The van der Waals surface area contributed by atoms with Gasteiger partial charge in [-0.3, -0.25) is 0 Å². The molecule has 0 saturated heterocycles. The Morgan fingerprint density at radius 1 is 1.12 bits per heavy atom. The van der Waals surface area contributed by atoms with Crippen LogP contribution < -0.4 is 15.2 Å². The maximum Gasteiger partial charge on any atom is 0.119 e. The van der Waals surface area contributed by atoms with Crippen LogP contribution in [0.4, 0.5) is 0 Å². The van der Waals surface area contributed by atoms with Crippen molar-refractivity contribution >= 4 is 0 Å².